The first-order chi connectivity index (χ1) is 17.5. The van der Waals surface area contributed by atoms with Crippen molar-refractivity contribution < 1.29 is 23.4 Å². The summed E-state index contributed by atoms with van der Waals surface area (Å²) in [6.07, 6.45) is 6.03. The van der Waals surface area contributed by atoms with Crippen LogP contribution in [0.25, 0.3) is 11.1 Å². The molecule has 6 heteroatoms. The highest BCUT2D eigenvalue weighted by Gasteiger charge is 2.39. The molecular formula is C30H32FNO4. The molecule has 0 radical (unpaired) electrons. The smallest absolute Gasteiger partial charge is 0.309 e. The van der Waals surface area contributed by atoms with E-state index in [2.05, 4.69) is 23.2 Å². The van der Waals surface area contributed by atoms with Gasteiger partial charge in [-0.25, -0.2) is 9.37 Å². The lowest BCUT2D eigenvalue weighted by molar-refractivity contribution is -0.145. The molecule has 0 saturated heterocycles. The number of fused-ring (bicyclic) bond motifs is 1. The van der Waals surface area contributed by atoms with Crippen molar-refractivity contribution in [3.05, 3.63) is 77.2 Å². The van der Waals surface area contributed by atoms with Gasteiger partial charge in [-0.2, -0.15) is 0 Å². The van der Waals surface area contributed by atoms with Crippen LogP contribution in [0.1, 0.15) is 61.3 Å². The van der Waals surface area contributed by atoms with Gasteiger partial charge in [0.1, 0.15) is 17.7 Å². The summed E-state index contributed by atoms with van der Waals surface area (Å²) in [5.74, 6) is 1.16. The van der Waals surface area contributed by atoms with Crippen LogP contribution in [0.5, 0.6) is 11.6 Å². The number of rotatable bonds is 7. The summed E-state index contributed by atoms with van der Waals surface area (Å²) in [7, 11) is 3.00. The van der Waals surface area contributed by atoms with Crippen LogP contribution in [0, 0.1) is 17.7 Å². The molecule has 0 spiro atoms. The van der Waals surface area contributed by atoms with Gasteiger partial charge in [-0.3, -0.25) is 4.79 Å². The normalized spacial score (nSPS) is 18.8. The van der Waals surface area contributed by atoms with Gasteiger partial charge in [-0.05, 0) is 84.4 Å². The van der Waals surface area contributed by atoms with E-state index in [1.54, 1.807) is 25.4 Å². The van der Waals surface area contributed by atoms with Gasteiger partial charge in [0.25, 0.3) is 0 Å². The highest BCUT2D eigenvalue weighted by molar-refractivity contribution is 5.73. The fraction of sp³-hybridized carbons (Fsp3) is 0.400. The van der Waals surface area contributed by atoms with Crippen molar-refractivity contribution in [3.63, 3.8) is 0 Å². The number of aryl methyl sites for hydroxylation is 1. The van der Waals surface area contributed by atoms with E-state index in [0.717, 1.165) is 60.1 Å². The summed E-state index contributed by atoms with van der Waals surface area (Å²) < 4.78 is 32.1. The van der Waals surface area contributed by atoms with Crippen LogP contribution in [-0.2, 0) is 16.0 Å². The van der Waals surface area contributed by atoms with Crippen LogP contribution in [0.4, 0.5) is 4.39 Å². The van der Waals surface area contributed by atoms with E-state index in [4.69, 9.17) is 14.2 Å². The van der Waals surface area contributed by atoms with Gasteiger partial charge in [-0.1, -0.05) is 31.2 Å². The molecule has 2 aliphatic rings. The van der Waals surface area contributed by atoms with Gasteiger partial charge in [0, 0.05) is 17.8 Å². The first kappa shape index (κ1) is 24.3. The lowest BCUT2D eigenvalue weighted by atomic mass is 9.82. The van der Waals surface area contributed by atoms with Crippen molar-refractivity contribution >= 4 is 5.97 Å². The SMILES string of the molecule is COC(=O)[C@@H](C)C(c1ccc2c(c1)OC(c1ccc(-c3ccnc(OC)c3)cc1F)CCC2)C1CC1. The molecule has 2 heterocycles. The fourth-order valence-corrected chi connectivity index (χ4v) is 5.43. The molecule has 0 N–H and O–H groups in total. The highest BCUT2D eigenvalue weighted by atomic mass is 19.1. The Kier molecular flexibility index (Phi) is 6.95. The van der Waals surface area contributed by atoms with Gasteiger partial charge < -0.3 is 14.2 Å². The molecule has 2 unspecified atom stereocenters. The Balaban J connectivity index is 1.42. The molecule has 0 amide bonds. The number of ether oxygens (including phenoxy) is 3. The van der Waals surface area contributed by atoms with E-state index in [0.29, 0.717) is 17.4 Å². The predicted molar refractivity (Wildman–Crippen MR) is 136 cm³/mol. The van der Waals surface area contributed by atoms with Gasteiger partial charge in [0.05, 0.1) is 20.1 Å². The maximum atomic E-state index is 15.4. The number of pyridine rings is 1. The summed E-state index contributed by atoms with van der Waals surface area (Å²) in [5, 5.41) is 0. The highest BCUT2D eigenvalue weighted by Crippen LogP contribution is 2.48. The zero-order valence-corrected chi connectivity index (χ0v) is 21.0. The second kappa shape index (κ2) is 10.3. The van der Waals surface area contributed by atoms with Crippen LogP contribution in [0.2, 0.25) is 0 Å². The minimum absolute atomic E-state index is 0.0985. The number of benzene rings is 2. The molecule has 5 nitrogen and oxygen atoms in total. The maximum absolute atomic E-state index is 15.4. The number of carbonyl (C=O) groups is 1. The molecule has 5 rings (SSSR count). The van der Waals surface area contributed by atoms with Gasteiger partial charge in [0.15, 0.2) is 0 Å². The summed E-state index contributed by atoms with van der Waals surface area (Å²) in [6, 6.07) is 15.2. The van der Waals surface area contributed by atoms with Gasteiger partial charge >= 0.3 is 5.97 Å². The van der Waals surface area contributed by atoms with Crippen molar-refractivity contribution in [1.82, 2.24) is 4.98 Å². The third kappa shape index (κ3) is 4.95. The van der Waals surface area contributed by atoms with Crippen LogP contribution >= 0.6 is 0 Å². The Morgan fingerprint density at radius 3 is 2.58 bits per heavy atom. The average molecular weight is 490 g/mol. The van der Waals surface area contributed by atoms with Gasteiger partial charge in [-0.15, -0.1) is 0 Å². The minimum atomic E-state index is -0.375. The van der Waals surface area contributed by atoms with Crippen LogP contribution in [0.3, 0.4) is 0 Å². The summed E-state index contributed by atoms with van der Waals surface area (Å²) in [6.45, 7) is 1.94. The molecule has 1 aromatic heterocycles. The predicted octanol–water partition coefficient (Wildman–Crippen LogP) is 6.66. The van der Waals surface area contributed by atoms with Crippen molar-refractivity contribution in [2.75, 3.05) is 14.2 Å². The van der Waals surface area contributed by atoms with E-state index in [1.165, 1.54) is 7.11 Å². The van der Waals surface area contributed by atoms with Gasteiger partial charge in [0.2, 0.25) is 5.88 Å². The first-order valence-corrected chi connectivity index (χ1v) is 12.7. The molecular weight excluding hydrogens is 457 g/mol. The molecule has 3 atom stereocenters. The van der Waals surface area contributed by atoms with Crippen molar-refractivity contribution in [3.8, 4) is 22.8 Å². The molecule has 36 heavy (non-hydrogen) atoms. The number of aromatic nitrogens is 1. The van der Waals surface area contributed by atoms with Crippen LogP contribution in [-0.4, -0.2) is 25.2 Å². The first-order valence-electron chi connectivity index (χ1n) is 12.7. The summed E-state index contributed by atoms with van der Waals surface area (Å²) >= 11 is 0. The zero-order chi connectivity index (χ0) is 25.2. The lowest BCUT2D eigenvalue weighted by Gasteiger charge is -2.24. The van der Waals surface area contributed by atoms with Crippen LogP contribution in [0.15, 0.2) is 54.7 Å². The fourth-order valence-electron chi connectivity index (χ4n) is 5.43. The number of carbonyl (C=O) groups excluding carboxylic acids is 1. The van der Waals surface area contributed by atoms with Crippen molar-refractivity contribution in [2.45, 2.75) is 51.0 Å². The molecule has 1 aliphatic heterocycles. The molecule has 2 aromatic carbocycles. The Morgan fingerprint density at radius 1 is 1.06 bits per heavy atom. The maximum Gasteiger partial charge on any atom is 0.309 e. The number of halogens is 1. The molecule has 0 bridgehead atoms. The van der Waals surface area contributed by atoms with E-state index in [1.807, 2.05) is 25.1 Å². The Labute approximate surface area is 211 Å². The number of esters is 1. The standard InChI is InChI=1S/C30H32FNO4/c1-18(30(33)35-3)29(20-8-9-20)23-10-7-19-5-4-6-26(36-27(19)16-23)24-12-11-21(15-25(24)31)22-13-14-32-28(17-22)34-2/h7,10-18,20,26,29H,4-6,8-9H2,1-3H3/t18-,26?,29?/m0/s1. The summed E-state index contributed by atoms with van der Waals surface area (Å²) in [5.41, 5.74) is 4.38. The van der Waals surface area contributed by atoms with E-state index < -0.39 is 0 Å². The molecule has 1 saturated carbocycles. The molecule has 1 aliphatic carbocycles. The van der Waals surface area contributed by atoms with Crippen molar-refractivity contribution in [1.29, 1.82) is 0 Å². The molecule has 188 valence electrons. The number of nitrogens with zero attached hydrogens (tertiary/aromatic N) is 1. The molecule has 1 fully saturated rings. The zero-order valence-electron chi connectivity index (χ0n) is 21.0. The topological polar surface area (TPSA) is 57.7 Å². The second-order valence-electron chi connectivity index (χ2n) is 9.86. The second-order valence-corrected chi connectivity index (χ2v) is 9.86. The van der Waals surface area contributed by atoms with E-state index >= 15 is 4.39 Å². The minimum Gasteiger partial charge on any atom is -0.485 e. The third-order valence-electron chi connectivity index (χ3n) is 7.52. The summed E-state index contributed by atoms with van der Waals surface area (Å²) in [4.78, 5) is 16.5. The van der Waals surface area contributed by atoms with E-state index in [9.17, 15) is 4.79 Å². The largest absolute Gasteiger partial charge is 0.485 e. The number of methoxy groups -OCH3 is 2. The number of hydrogen-bond acceptors (Lipinski definition) is 5. The Bertz CT molecular complexity index is 1260. The van der Waals surface area contributed by atoms with Crippen LogP contribution < -0.4 is 9.47 Å². The van der Waals surface area contributed by atoms with Crippen molar-refractivity contribution in [2.24, 2.45) is 11.8 Å². The Morgan fingerprint density at radius 2 is 1.86 bits per heavy atom. The Hall–Kier alpha value is -3.41. The monoisotopic (exact) mass is 489 g/mol. The third-order valence-corrected chi connectivity index (χ3v) is 7.52. The quantitative estimate of drug-likeness (QED) is 0.348. The lowest BCUT2D eigenvalue weighted by Crippen LogP contribution is -2.22. The van der Waals surface area contributed by atoms with E-state index in [-0.39, 0.29) is 29.7 Å². The molecule has 3 aromatic rings. The number of hydrogen-bond donors (Lipinski definition) is 0. The average Bonchev–Trinajstić information content (AvgIpc) is 3.75.